The maximum Gasteiger partial charge on any atom is 0.157 e. The molecule has 2 aliphatic carbocycles. The molecular formula is C12H18N2O2S2. The van der Waals surface area contributed by atoms with E-state index in [0.717, 1.165) is 11.8 Å². The van der Waals surface area contributed by atoms with Crippen LogP contribution in [0.25, 0.3) is 0 Å². The van der Waals surface area contributed by atoms with Gasteiger partial charge in [-0.1, -0.05) is 18.2 Å². The fourth-order valence-electron chi connectivity index (χ4n) is 4.47. The normalized spacial score (nSPS) is 49.0. The lowest BCUT2D eigenvalue weighted by atomic mass is 9.93. The number of sulfone groups is 1. The highest BCUT2D eigenvalue weighted by atomic mass is 32.2. The van der Waals surface area contributed by atoms with Crippen molar-refractivity contribution in [3.63, 3.8) is 0 Å². The van der Waals surface area contributed by atoms with Gasteiger partial charge in [-0.25, -0.2) is 8.42 Å². The van der Waals surface area contributed by atoms with E-state index in [1.807, 2.05) is 0 Å². The molecule has 0 aromatic carbocycles. The lowest BCUT2D eigenvalue weighted by Crippen LogP contribution is -2.46. The van der Waals surface area contributed by atoms with Gasteiger partial charge in [0.05, 0.1) is 17.5 Å². The molecular weight excluding hydrogens is 268 g/mol. The number of amidine groups is 1. The lowest BCUT2D eigenvalue weighted by Gasteiger charge is -2.35. The zero-order valence-electron chi connectivity index (χ0n) is 10.2. The van der Waals surface area contributed by atoms with Crippen LogP contribution in [0.1, 0.15) is 25.7 Å². The second-order valence-corrected chi connectivity index (χ2v) is 9.64. The number of nitrogens with zero attached hydrogens (tertiary/aromatic N) is 1. The topological polar surface area (TPSA) is 61.2 Å². The number of rotatable bonds is 1. The Labute approximate surface area is 112 Å². The molecule has 2 saturated heterocycles. The minimum absolute atomic E-state index is 0.0943. The van der Waals surface area contributed by atoms with Gasteiger partial charge in [0.1, 0.15) is 0 Å². The molecule has 0 spiro atoms. The van der Waals surface area contributed by atoms with Crippen LogP contribution in [0.15, 0.2) is 0 Å². The molecule has 0 amide bonds. The van der Waals surface area contributed by atoms with Crippen molar-refractivity contribution in [2.75, 3.05) is 11.5 Å². The van der Waals surface area contributed by atoms with E-state index in [4.69, 9.17) is 5.41 Å². The predicted molar refractivity (Wildman–Crippen MR) is 72.6 cm³/mol. The summed E-state index contributed by atoms with van der Waals surface area (Å²) in [5.74, 6) is 2.12. The Morgan fingerprint density at radius 2 is 2.00 bits per heavy atom. The van der Waals surface area contributed by atoms with Gasteiger partial charge in [0.2, 0.25) is 0 Å². The quantitative estimate of drug-likeness (QED) is 0.790. The Kier molecular flexibility index (Phi) is 2.35. The molecule has 2 aliphatic heterocycles. The Balaban J connectivity index is 1.62. The van der Waals surface area contributed by atoms with E-state index >= 15 is 0 Å². The van der Waals surface area contributed by atoms with Crippen molar-refractivity contribution >= 4 is 26.8 Å². The number of thioether (sulfide) groups is 1. The molecule has 0 radical (unpaired) electrons. The number of hydrogen-bond acceptors (Lipinski definition) is 4. The van der Waals surface area contributed by atoms with Crippen LogP contribution in [-0.2, 0) is 9.84 Å². The zero-order chi connectivity index (χ0) is 12.5. The van der Waals surface area contributed by atoms with Gasteiger partial charge in [-0.3, -0.25) is 5.41 Å². The number of hydrogen-bond donors (Lipinski definition) is 1. The van der Waals surface area contributed by atoms with Gasteiger partial charge < -0.3 is 4.90 Å². The van der Waals surface area contributed by atoms with E-state index in [-0.39, 0.29) is 22.8 Å². The maximum absolute atomic E-state index is 11.8. The highest BCUT2D eigenvalue weighted by Crippen LogP contribution is 2.50. The van der Waals surface area contributed by atoms with Crippen LogP contribution in [0, 0.1) is 17.2 Å². The van der Waals surface area contributed by atoms with Crippen LogP contribution in [0.5, 0.6) is 0 Å². The third-order valence-corrected chi connectivity index (χ3v) is 8.33. The van der Waals surface area contributed by atoms with Crippen molar-refractivity contribution < 1.29 is 8.42 Å². The van der Waals surface area contributed by atoms with Crippen LogP contribution in [-0.4, -0.2) is 47.3 Å². The first-order chi connectivity index (χ1) is 8.53. The SMILES string of the molecule is N=C1S[C@@H]2CS(=O)(=O)C[C@H]2N1[C@@H]1C[C@H]2CC[C@H]1C2. The van der Waals surface area contributed by atoms with E-state index in [9.17, 15) is 8.42 Å². The van der Waals surface area contributed by atoms with E-state index < -0.39 is 9.84 Å². The van der Waals surface area contributed by atoms with Crippen LogP contribution in [0.2, 0.25) is 0 Å². The molecule has 2 heterocycles. The smallest absolute Gasteiger partial charge is 0.157 e. The Morgan fingerprint density at radius 3 is 2.67 bits per heavy atom. The van der Waals surface area contributed by atoms with Crippen LogP contribution in [0.3, 0.4) is 0 Å². The molecule has 4 fully saturated rings. The summed E-state index contributed by atoms with van der Waals surface area (Å²) in [7, 11) is -2.86. The monoisotopic (exact) mass is 286 g/mol. The average molecular weight is 286 g/mol. The molecule has 2 bridgehead atoms. The van der Waals surface area contributed by atoms with E-state index in [1.54, 1.807) is 0 Å². The Bertz CT molecular complexity index is 504. The molecule has 0 aromatic rings. The summed E-state index contributed by atoms with van der Waals surface area (Å²) >= 11 is 1.49. The second-order valence-electron chi connectivity index (χ2n) is 6.26. The van der Waals surface area contributed by atoms with Gasteiger partial charge in [-0.15, -0.1) is 0 Å². The van der Waals surface area contributed by atoms with Crippen molar-refractivity contribution in [3.05, 3.63) is 0 Å². The van der Waals surface area contributed by atoms with Gasteiger partial charge in [0.15, 0.2) is 15.0 Å². The van der Waals surface area contributed by atoms with E-state index in [1.165, 1.54) is 37.4 Å². The van der Waals surface area contributed by atoms with Gasteiger partial charge in [-0.2, -0.15) is 0 Å². The van der Waals surface area contributed by atoms with Crippen LogP contribution in [0.4, 0.5) is 0 Å². The van der Waals surface area contributed by atoms with Gasteiger partial charge in [0.25, 0.3) is 0 Å². The summed E-state index contributed by atoms with van der Waals surface area (Å²) in [4.78, 5) is 2.18. The molecule has 0 aromatic heterocycles. The van der Waals surface area contributed by atoms with Crippen molar-refractivity contribution in [2.45, 2.75) is 43.0 Å². The fourth-order valence-corrected chi connectivity index (χ4v) is 8.32. The van der Waals surface area contributed by atoms with Gasteiger partial charge >= 0.3 is 0 Å². The van der Waals surface area contributed by atoms with Crippen LogP contribution >= 0.6 is 11.8 Å². The minimum Gasteiger partial charge on any atom is -0.343 e. The molecule has 1 N–H and O–H groups in total. The highest BCUT2D eigenvalue weighted by molar-refractivity contribution is 8.15. The summed E-state index contributed by atoms with van der Waals surface area (Å²) in [6.07, 6.45) is 5.13. The lowest BCUT2D eigenvalue weighted by molar-refractivity contribution is 0.198. The third-order valence-electron chi connectivity index (χ3n) is 5.18. The standard InChI is InChI=1S/C12H18N2O2S2/c13-12-14(9-4-7-1-2-8(9)3-7)10-5-18(15,16)6-11(10)17-12/h7-11,13H,1-6H2/t7-,8-,9+,10+,11+/m0/s1. The molecule has 2 saturated carbocycles. The number of nitrogens with one attached hydrogen (secondary N) is 1. The zero-order valence-corrected chi connectivity index (χ0v) is 11.8. The second kappa shape index (κ2) is 3.66. The van der Waals surface area contributed by atoms with E-state index in [0.29, 0.717) is 11.2 Å². The Hall–Kier alpha value is -0.230. The number of fused-ring (bicyclic) bond motifs is 3. The fraction of sp³-hybridized carbons (Fsp3) is 0.917. The molecule has 4 rings (SSSR count). The summed E-state index contributed by atoms with van der Waals surface area (Å²) < 4.78 is 23.5. The van der Waals surface area contributed by atoms with Gasteiger partial charge in [0, 0.05) is 11.3 Å². The maximum atomic E-state index is 11.8. The summed E-state index contributed by atoms with van der Waals surface area (Å²) in [6.45, 7) is 0. The van der Waals surface area contributed by atoms with Crippen molar-refractivity contribution in [2.24, 2.45) is 11.8 Å². The third kappa shape index (κ3) is 1.57. The first-order valence-corrected chi connectivity index (χ1v) is 9.47. The van der Waals surface area contributed by atoms with Crippen molar-refractivity contribution in [1.29, 1.82) is 5.41 Å². The summed E-state index contributed by atoms with van der Waals surface area (Å²) in [5, 5.41) is 8.94. The van der Waals surface area contributed by atoms with Crippen LogP contribution < -0.4 is 0 Å². The molecule has 4 nitrogen and oxygen atoms in total. The molecule has 0 unspecified atom stereocenters. The summed E-state index contributed by atoms with van der Waals surface area (Å²) in [6, 6.07) is 0.559. The van der Waals surface area contributed by atoms with E-state index in [2.05, 4.69) is 4.90 Å². The largest absolute Gasteiger partial charge is 0.343 e. The molecule has 6 heteroatoms. The summed E-state index contributed by atoms with van der Waals surface area (Å²) in [5.41, 5.74) is 0. The molecule has 4 aliphatic rings. The van der Waals surface area contributed by atoms with Crippen molar-refractivity contribution in [1.82, 2.24) is 4.90 Å². The molecule has 18 heavy (non-hydrogen) atoms. The minimum atomic E-state index is -2.86. The first-order valence-electron chi connectivity index (χ1n) is 6.77. The highest BCUT2D eigenvalue weighted by Gasteiger charge is 2.53. The van der Waals surface area contributed by atoms with Gasteiger partial charge in [-0.05, 0) is 31.1 Å². The van der Waals surface area contributed by atoms with Crippen molar-refractivity contribution in [3.8, 4) is 0 Å². The predicted octanol–water partition coefficient (Wildman–Crippen LogP) is 1.32. The molecule has 5 atom stereocenters. The first kappa shape index (κ1) is 11.6. The Morgan fingerprint density at radius 1 is 1.17 bits per heavy atom. The average Bonchev–Trinajstić information content (AvgIpc) is 2.96. The molecule has 100 valence electrons.